The quantitative estimate of drug-likeness (QED) is 0.804. The number of aromatic amines is 1. The number of carboxylic acid groups (broad SMARTS) is 1. The molecule has 21 heavy (non-hydrogen) atoms. The van der Waals surface area contributed by atoms with Crippen molar-refractivity contribution in [2.24, 2.45) is 5.92 Å². The Morgan fingerprint density at radius 3 is 2.90 bits per heavy atom. The highest BCUT2D eigenvalue weighted by atomic mass is 16.4. The van der Waals surface area contributed by atoms with Crippen molar-refractivity contribution in [2.75, 3.05) is 0 Å². The molecule has 1 saturated carbocycles. The van der Waals surface area contributed by atoms with Gasteiger partial charge in [-0.2, -0.15) is 0 Å². The summed E-state index contributed by atoms with van der Waals surface area (Å²) >= 11 is 0. The Kier molecular flexibility index (Phi) is 3.60. The molecule has 0 saturated heterocycles. The maximum absolute atomic E-state index is 12.3. The largest absolute Gasteiger partial charge is 0.481 e. The molecular formula is C15H17N3O3. The van der Waals surface area contributed by atoms with Crippen LogP contribution in [0.5, 0.6) is 0 Å². The van der Waals surface area contributed by atoms with E-state index >= 15 is 0 Å². The Hall–Kier alpha value is -2.37. The van der Waals surface area contributed by atoms with Gasteiger partial charge in [-0.05, 0) is 31.0 Å². The summed E-state index contributed by atoms with van der Waals surface area (Å²) < 4.78 is 0. The Bertz CT molecular complexity index is 680. The van der Waals surface area contributed by atoms with E-state index in [0.29, 0.717) is 12.0 Å². The molecular weight excluding hydrogens is 270 g/mol. The fourth-order valence-corrected chi connectivity index (χ4v) is 2.93. The minimum Gasteiger partial charge on any atom is -0.481 e. The molecule has 1 aliphatic rings. The minimum absolute atomic E-state index is 0.232. The molecule has 1 amide bonds. The van der Waals surface area contributed by atoms with Crippen LogP contribution in [0.1, 0.15) is 36.0 Å². The normalized spacial score (nSPS) is 22.1. The van der Waals surface area contributed by atoms with Gasteiger partial charge in [0.05, 0.1) is 23.3 Å². The summed E-state index contributed by atoms with van der Waals surface area (Å²) in [6, 6.07) is 4.92. The zero-order valence-electron chi connectivity index (χ0n) is 11.5. The molecule has 1 aromatic heterocycles. The SMILES string of the molecule is O=C(NC1CCCCC1C(=O)O)c1ccc2nc[nH]c2c1. The average molecular weight is 287 g/mol. The van der Waals surface area contributed by atoms with Gasteiger partial charge in [-0.25, -0.2) is 4.98 Å². The van der Waals surface area contributed by atoms with E-state index < -0.39 is 11.9 Å². The van der Waals surface area contributed by atoms with E-state index in [1.54, 1.807) is 24.5 Å². The molecule has 3 rings (SSSR count). The molecule has 1 aliphatic carbocycles. The van der Waals surface area contributed by atoms with Crippen molar-refractivity contribution in [3.05, 3.63) is 30.1 Å². The van der Waals surface area contributed by atoms with E-state index in [4.69, 9.17) is 0 Å². The first-order valence-corrected chi connectivity index (χ1v) is 7.12. The summed E-state index contributed by atoms with van der Waals surface area (Å²) in [5, 5.41) is 12.1. The smallest absolute Gasteiger partial charge is 0.308 e. The van der Waals surface area contributed by atoms with Gasteiger partial charge in [-0.3, -0.25) is 9.59 Å². The van der Waals surface area contributed by atoms with Crippen molar-refractivity contribution >= 4 is 22.9 Å². The van der Waals surface area contributed by atoms with Crippen LogP contribution in [0.3, 0.4) is 0 Å². The number of hydrogen-bond donors (Lipinski definition) is 3. The molecule has 2 aromatic rings. The minimum atomic E-state index is -0.830. The predicted molar refractivity (Wildman–Crippen MR) is 76.9 cm³/mol. The number of aliphatic carboxylic acids is 1. The third-order valence-electron chi connectivity index (χ3n) is 4.08. The van der Waals surface area contributed by atoms with Gasteiger partial charge in [0, 0.05) is 11.6 Å². The van der Waals surface area contributed by atoms with Gasteiger partial charge in [0.25, 0.3) is 5.91 Å². The molecule has 110 valence electrons. The molecule has 2 atom stereocenters. The van der Waals surface area contributed by atoms with Gasteiger partial charge < -0.3 is 15.4 Å². The number of aromatic nitrogens is 2. The lowest BCUT2D eigenvalue weighted by Crippen LogP contribution is -2.45. The highest BCUT2D eigenvalue weighted by Gasteiger charge is 2.31. The molecule has 2 unspecified atom stereocenters. The van der Waals surface area contributed by atoms with E-state index in [9.17, 15) is 14.7 Å². The summed E-state index contributed by atoms with van der Waals surface area (Å²) in [7, 11) is 0. The van der Waals surface area contributed by atoms with Crippen LogP contribution in [0.2, 0.25) is 0 Å². The Morgan fingerprint density at radius 1 is 1.29 bits per heavy atom. The summed E-state index contributed by atoms with van der Waals surface area (Å²) in [4.78, 5) is 30.6. The third-order valence-corrected chi connectivity index (χ3v) is 4.08. The maximum Gasteiger partial charge on any atom is 0.308 e. The molecule has 6 heteroatoms. The number of fused-ring (bicyclic) bond motifs is 1. The lowest BCUT2D eigenvalue weighted by Gasteiger charge is -2.29. The average Bonchev–Trinajstić information content (AvgIpc) is 2.94. The number of H-pyrrole nitrogens is 1. The monoisotopic (exact) mass is 287 g/mol. The van der Waals surface area contributed by atoms with Crippen LogP contribution in [0.25, 0.3) is 11.0 Å². The number of hydrogen-bond acceptors (Lipinski definition) is 3. The topological polar surface area (TPSA) is 95.1 Å². The summed E-state index contributed by atoms with van der Waals surface area (Å²) in [6.45, 7) is 0. The molecule has 0 spiro atoms. The standard InChI is InChI=1S/C15H17N3O3/c19-14(9-5-6-12-13(7-9)17-8-16-12)18-11-4-2-1-3-10(11)15(20)21/h5-8,10-11H,1-4H2,(H,16,17)(H,18,19)(H,20,21). The first kappa shape index (κ1) is 13.6. The molecule has 3 N–H and O–H groups in total. The van der Waals surface area contributed by atoms with Crippen molar-refractivity contribution in [1.29, 1.82) is 0 Å². The second kappa shape index (κ2) is 5.55. The third kappa shape index (κ3) is 2.74. The Morgan fingerprint density at radius 2 is 2.10 bits per heavy atom. The van der Waals surface area contributed by atoms with Crippen LogP contribution in [0.15, 0.2) is 24.5 Å². The maximum atomic E-state index is 12.3. The second-order valence-electron chi connectivity index (χ2n) is 5.44. The van der Waals surface area contributed by atoms with Gasteiger partial charge >= 0.3 is 5.97 Å². The first-order chi connectivity index (χ1) is 10.1. The van der Waals surface area contributed by atoms with Crippen molar-refractivity contribution in [1.82, 2.24) is 15.3 Å². The van der Waals surface area contributed by atoms with Gasteiger partial charge in [0.15, 0.2) is 0 Å². The number of carbonyl (C=O) groups excluding carboxylic acids is 1. The number of nitrogens with one attached hydrogen (secondary N) is 2. The zero-order valence-corrected chi connectivity index (χ0v) is 11.5. The molecule has 6 nitrogen and oxygen atoms in total. The molecule has 1 heterocycles. The highest BCUT2D eigenvalue weighted by Crippen LogP contribution is 2.25. The molecule has 1 fully saturated rings. The number of amides is 1. The van der Waals surface area contributed by atoms with E-state index in [2.05, 4.69) is 15.3 Å². The van der Waals surface area contributed by atoms with Crippen molar-refractivity contribution in [2.45, 2.75) is 31.7 Å². The second-order valence-corrected chi connectivity index (χ2v) is 5.44. The fraction of sp³-hybridized carbons (Fsp3) is 0.400. The summed E-state index contributed by atoms with van der Waals surface area (Å²) in [6.07, 6.45) is 4.78. The van der Waals surface area contributed by atoms with Gasteiger partial charge in [-0.1, -0.05) is 12.8 Å². The van der Waals surface area contributed by atoms with Crippen LogP contribution >= 0.6 is 0 Å². The van der Waals surface area contributed by atoms with Crippen LogP contribution < -0.4 is 5.32 Å². The molecule has 0 radical (unpaired) electrons. The molecule has 0 aliphatic heterocycles. The van der Waals surface area contributed by atoms with Crippen LogP contribution in [0, 0.1) is 5.92 Å². The van der Waals surface area contributed by atoms with E-state index in [1.165, 1.54) is 0 Å². The van der Waals surface area contributed by atoms with E-state index in [1.807, 2.05) is 0 Å². The van der Waals surface area contributed by atoms with Gasteiger partial charge in [0.2, 0.25) is 0 Å². The number of carbonyl (C=O) groups is 2. The van der Waals surface area contributed by atoms with E-state index in [0.717, 1.165) is 30.3 Å². The number of imidazole rings is 1. The van der Waals surface area contributed by atoms with Gasteiger partial charge in [-0.15, -0.1) is 0 Å². The van der Waals surface area contributed by atoms with Crippen molar-refractivity contribution in [3.63, 3.8) is 0 Å². The number of nitrogens with zero attached hydrogens (tertiary/aromatic N) is 1. The first-order valence-electron chi connectivity index (χ1n) is 7.12. The number of benzene rings is 1. The summed E-state index contributed by atoms with van der Waals surface area (Å²) in [5.74, 6) is -1.55. The predicted octanol–water partition coefficient (Wildman–Crippen LogP) is 1.94. The number of rotatable bonds is 3. The van der Waals surface area contributed by atoms with Crippen LogP contribution in [-0.2, 0) is 4.79 Å². The van der Waals surface area contributed by atoms with Crippen LogP contribution in [0.4, 0.5) is 0 Å². The molecule has 0 bridgehead atoms. The zero-order chi connectivity index (χ0) is 14.8. The van der Waals surface area contributed by atoms with Crippen molar-refractivity contribution in [3.8, 4) is 0 Å². The Labute approximate surface area is 121 Å². The Balaban J connectivity index is 1.76. The van der Waals surface area contributed by atoms with Gasteiger partial charge in [0.1, 0.15) is 0 Å². The number of carboxylic acids is 1. The fourth-order valence-electron chi connectivity index (χ4n) is 2.93. The lowest BCUT2D eigenvalue weighted by atomic mass is 9.84. The van der Waals surface area contributed by atoms with Crippen LogP contribution in [-0.4, -0.2) is 33.0 Å². The lowest BCUT2D eigenvalue weighted by molar-refractivity contribution is -0.143. The molecule has 1 aromatic carbocycles. The van der Waals surface area contributed by atoms with Crippen molar-refractivity contribution < 1.29 is 14.7 Å². The highest BCUT2D eigenvalue weighted by molar-refractivity contribution is 5.97. The summed E-state index contributed by atoms with van der Waals surface area (Å²) in [5.41, 5.74) is 2.11. The van der Waals surface area contributed by atoms with E-state index in [-0.39, 0.29) is 11.9 Å².